The van der Waals surface area contributed by atoms with Crippen molar-refractivity contribution in [3.63, 3.8) is 0 Å². The third-order valence-electron chi connectivity index (χ3n) is 5.56. The first-order chi connectivity index (χ1) is 16.5. The minimum Gasteiger partial charge on any atom is -0.493 e. The van der Waals surface area contributed by atoms with Gasteiger partial charge in [-0.1, -0.05) is 29.4 Å². The summed E-state index contributed by atoms with van der Waals surface area (Å²) in [5.41, 5.74) is 16.7. The van der Waals surface area contributed by atoms with Gasteiger partial charge in [-0.3, -0.25) is 4.79 Å². The van der Waals surface area contributed by atoms with E-state index in [-0.39, 0.29) is 5.91 Å². The molecular weight excluding hydrogens is 436 g/mol. The highest BCUT2D eigenvalue weighted by Gasteiger charge is 2.22. The lowest BCUT2D eigenvalue weighted by molar-refractivity contribution is -0.126. The van der Waals surface area contributed by atoms with Gasteiger partial charge in [0.05, 0.1) is 19.7 Å². The van der Waals surface area contributed by atoms with E-state index in [1.807, 2.05) is 4.90 Å². The molecule has 34 heavy (non-hydrogen) atoms. The second-order valence-electron chi connectivity index (χ2n) is 7.56. The number of aromatic nitrogens is 2. The third kappa shape index (κ3) is 4.79. The number of nitrogens with zero attached hydrogens (tertiary/aromatic N) is 7. The molecule has 0 aliphatic carbocycles. The first-order valence-corrected chi connectivity index (χ1v) is 10.6. The van der Waals surface area contributed by atoms with E-state index < -0.39 is 0 Å². The summed E-state index contributed by atoms with van der Waals surface area (Å²) in [5.74, 6) is 1.92. The molecule has 11 heteroatoms. The van der Waals surface area contributed by atoms with E-state index in [0.717, 1.165) is 5.56 Å². The number of ether oxygens (including phenoxy) is 2. The van der Waals surface area contributed by atoms with Crippen LogP contribution in [0.25, 0.3) is 27.4 Å². The highest BCUT2D eigenvalue weighted by molar-refractivity contribution is 5.93. The highest BCUT2D eigenvalue weighted by Crippen LogP contribution is 2.34. The van der Waals surface area contributed by atoms with Gasteiger partial charge in [0, 0.05) is 54.3 Å². The maximum Gasteiger partial charge on any atom is 0.246 e. The van der Waals surface area contributed by atoms with Crippen molar-refractivity contribution in [2.75, 3.05) is 51.0 Å². The number of azide groups is 1. The smallest absolute Gasteiger partial charge is 0.246 e. The van der Waals surface area contributed by atoms with Crippen molar-refractivity contribution in [2.45, 2.75) is 0 Å². The Kier molecular flexibility index (Phi) is 6.65. The standard InChI is InChI=1S/C23H24N8O3/c1-33-19-13-17-18(14-20(19)34-2)26-23(27-22(17)24)31-11-9-30(10-12-31)21(32)8-5-15-3-6-16(7-4-15)28-29-25/h3-8,13-14H,9-12H2,1-2H3,(H2,24,26,27). The molecule has 11 nitrogen and oxygen atoms in total. The Morgan fingerprint density at radius 2 is 1.76 bits per heavy atom. The van der Waals surface area contributed by atoms with Gasteiger partial charge in [0.1, 0.15) is 5.82 Å². The Labute approximate surface area is 196 Å². The van der Waals surface area contributed by atoms with Crippen LogP contribution < -0.4 is 20.1 Å². The number of benzene rings is 2. The molecule has 0 unspecified atom stereocenters. The Hall–Kier alpha value is -4.50. The molecule has 1 aliphatic heterocycles. The van der Waals surface area contributed by atoms with E-state index in [9.17, 15) is 4.79 Å². The van der Waals surface area contributed by atoms with Gasteiger partial charge in [0.25, 0.3) is 0 Å². The van der Waals surface area contributed by atoms with Crippen LogP contribution in [0, 0.1) is 0 Å². The number of piperazine rings is 1. The Bertz CT molecular complexity index is 1280. The van der Waals surface area contributed by atoms with Crippen LogP contribution in [0.4, 0.5) is 17.5 Å². The molecule has 2 aromatic carbocycles. The summed E-state index contributed by atoms with van der Waals surface area (Å²) in [6, 6.07) is 10.5. The summed E-state index contributed by atoms with van der Waals surface area (Å²) >= 11 is 0. The van der Waals surface area contributed by atoms with Gasteiger partial charge in [0.2, 0.25) is 11.9 Å². The molecule has 1 aliphatic rings. The molecule has 0 atom stereocenters. The lowest BCUT2D eigenvalue weighted by atomic mass is 10.2. The van der Waals surface area contributed by atoms with Crippen LogP contribution in [0.15, 0.2) is 47.6 Å². The summed E-state index contributed by atoms with van der Waals surface area (Å²) in [7, 11) is 3.13. The maximum atomic E-state index is 12.6. The van der Waals surface area contributed by atoms with E-state index in [1.165, 1.54) is 0 Å². The van der Waals surface area contributed by atoms with Crippen LogP contribution in [0.5, 0.6) is 11.5 Å². The van der Waals surface area contributed by atoms with Crippen molar-refractivity contribution in [1.82, 2.24) is 14.9 Å². The fourth-order valence-electron chi connectivity index (χ4n) is 3.71. The lowest BCUT2D eigenvalue weighted by Crippen LogP contribution is -2.48. The Balaban J connectivity index is 1.42. The number of carbonyl (C=O) groups excluding carboxylic acids is 1. The number of methoxy groups -OCH3 is 2. The van der Waals surface area contributed by atoms with Gasteiger partial charge in [-0.25, -0.2) is 4.98 Å². The van der Waals surface area contributed by atoms with Crippen LogP contribution in [0.1, 0.15) is 5.56 Å². The number of nitrogens with two attached hydrogens (primary N) is 1. The molecule has 4 rings (SSSR count). The number of nitrogen functional groups attached to an aromatic ring is 1. The van der Waals surface area contributed by atoms with Crippen LogP contribution in [-0.2, 0) is 4.79 Å². The number of hydrogen-bond acceptors (Lipinski definition) is 8. The van der Waals surface area contributed by atoms with Crippen LogP contribution >= 0.6 is 0 Å². The normalized spacial score (nSPS) is 13.7. The number of amides is 1. The zero-order valence-corrected chi connectivity index (χ0v) is 18.9. The lowest BCUT2D eigenvalue weighted by Gasteiger charge is -2.34. The number of rotatable bonds is 6. The molecule has 1 fully saturated rings. The molecule has 1 saturated heterocycles. The molecule has 1 aromatic heterocycles. The molecular formula is C23H24N8O3. The molecule has 2 N–H and O–H groups in total. The summed E-state index contributed by atoms with van der Waals surface area (Å²) in [6.07, 6.45) is 3.28. The second kappa shape index (κ2) is 9.97. The number of hydrogen-bond donors (Lipinski definition) is 1. The average Bonchev–Trinajstić information content (AvgIpc) is 2.87. The zero-order chi connectivity index (χ0) is 24.1. The quantitative estimate of drug-likeness (QED) is 0.256. The summed E-state index contributed by atoms with van der Waals surface area (Å²) in [5, 5.41) is 4.22. The largest absolute Gasteiger partial charge is 0.493 e. The molecule has 0 bridgehead atoms. The molecule has 0 spiro atoms. The first kappa shape index (κ1) is 22.7. The topological polar surface area (TPSA) is 143 Å². The van der Waals surface area contributed by atoms with E-state index in [2.05, 4.69) is 20.0 Å². The number of carbonyl (C=O) groups is 1. The summed E-state index contributed by atoms with van der Waals surface area (Å²) in [4.78, 5) is 28.3. The molecule has 1 amide bonds. The van der Waals surface area contributed by atoms with Crippen molar-refractivity contribution in [1.29, 1.82) is 0 Å². The van der Waals surface area contributed by atoms with Gasteiger partial charge >= 0.3 is 0 Å². The minimum absolute atomic E-state index is 0.0745. The monoisotopic (exact) mass is 460 g/mol. The fourth-order valence-corrected chi connectivity index (χ4v) is 3.71. The van der Waals surface area contributed by atoms with Crippen molar-refractivity contribution in [2.24, 2.45) is 5.11 Å². The summed E-state index contributed by atoms with van der Waals surface area (Å²) in [6.45, 7) is 2.23. The van der Waals surface area contributed by atoms with Gasteiger partial charge < -0.3 is 25.0 Å². The predicted octanol–water partition coefficient (Wildman–Crippen LogP) is 3.53. The zero-order valence-electron chi connectivity index (χ0n) is 18.9. The number of anilines is 2. The molecule has 3 aromatic rings. The minimum atomic E-state index is -0.0745. The Morgan fingerprint density at radius 1 is 1.09 bits per heavy atom. The van der Waals surface area contributed by atoms with Crippen LogP contribution in [0.2, 0.25) is 0 Å². The summed E-state index contributed by atoms with van der Waals surface area (Å²) < 4.78 is 10.7. The molecule has 174 valence electrons. The predicted molar refractivity (Wildman–Crippen MR) is 130 cm³/mol. The van der Waals surface area contributed by atoms with Gasteiger partial charge in [0.15, 0.2) is 11.5 Å². The first-order valence-electron chi connectivity index (χ1n) is 10.6. The Morgan fingerprint density at radius 3 is 2.41 bits per heavy atom. The van der Waals surface area contributed by atoms with Crippen molar-refractivity contribution in [3.8, 4) is 11.5 Å². The van der Waals surface area contributed by atoms with Gasteiger partial charge in [-0.2, -0.15) is 4.98 Å². The van der Waals surface area contributed by atoms with Crippen molar-refractivity contribution < 1.29 is 14.3 Å². The fraction of sp³-hybridized carbons (Fsp3) is 0.261. The highest BCUT2D eigenvalue weighted by atomic mass is 16.5. The van der Waals surface area contributed by atoms with E-state index in [1.54, 1.807) is 67.7 Å². The SMILES string of the molecule is COc1cc2nc(N3CCN(C(=O)C=Cc4ccc(N=[N+]=[N-])cc4)CC3)nc(N)c2cc1OC. The maximum absolute atomic E-state index is 12.6. The average molecular weight is 460 g/mol. The van der Waals surface area contributed by atoms with Crippen LogP contribution in [-0.4, -0.2) is 61.2 Å². The van der Waals surface area contributed by atoms with E-state index >= 15 is 0 Å². The van der Waals surface area contributed by atoms with E-state index in [0.29, 0.717) is 66.0 Å². The van der Waals surface area contributed by atoms with Crippen LogP contribution in [0.3, 0.4) is 0 Å². The third-order valence-corrected chi connectivity index (χ3v) is 5.56. The van der Waals surface area contributed by atoms with Gasteiger partial charge in [-0.05, 0) is 23.2 Å². The molecule has 0 saturated carbocycles. The molecule has 0 radical (unpaired) electrons. The number of fused-ring (bicyclic) bond motifs is 1. The van der Waals surface area contributed by atoms with Gasteiger partial charge in [-0.15, -0.1) is 0 Å². The van der Waals surface area contributed by atoms with Crippen molar-refractivity contribution >= 4 is 40.3 Å². The molecule has 2 heterocycles. The van der Waals surface area contributed by atoms with E-state index in [4.69, 9.17) is 20.7 Å². The second-order valence-corrected chi connectivity index (χ2v) is 7.56. The van der Waals surface area contributed by atoms with Crippen molar-refractivity contribution in [3.05, 3.63) is 58.5 Å².